The number of ether oxygens (including phenoxy) is 2. The highest BCUT2D eigenvalue weighted by Crippen LogP contribution is 2.38. The van der Waals surface area contributed by atoms with Gasteiger partial charge in [0.1, 0.15) is 5.75 Å². The van der Waals surface area contributed by atoms with Crippen molar-refractivity contribution < 1.29 is 22.6 Å². The molecule has 1 aromatic carbocycles. The van der Waals surface area contributed by atoms with E-state index in [1.807, 2.05) is 0 Å². The van der Waals surface area contributed by atoms with Crippen molar-refractivity contribution in [3.05, 3.63) is 29.3 Å². The topological polar surface area (TPSA) is 30.5 Å². The summed E-state index contributed by atoms with van der Waals surface area (Å²) in [6.45, 7) is 1.86. The standard InChI is InChI=1S/C15H20F3NO2/c1-20-7-6-19-9-12-4-5-14(21-10-11-2-3-11)13(8-12)15(16,17)18/h4-5,8,11,19H,2-3,6-7,9-10H2,1H3. The summed E-state index contributed by atoms with van der Waals surface area (Å²) in [5, 5.41) is 3.03. The third-order valence-electron chi connectivity index (χ3n) is 3.33. The lowest BCUT2D eigenvalue weighted by molar-refractivity contribution is -0.139. The van der Waals surface area contributed by atoms with Crippen molar-refractivity contribution >= 4 is 0 Å². The van der Waals surface area contributed by atoms with E-state index >= 15 is 0 Å². The van der Waals surface area contributed by atoms with Crippen LogP contribution in [0.15, 0.2) is 18.2 Å². The van der Waals surface area contributed by atoms with E-state index in [1.165, 1.54) is 6.07 Å². The van der Waals surface area contributed by atoms with Crippen LogP contribution in [0.4, 0.5) is 13.2 Å². The zero-order chi connectivity index (χ0) is 15.3. The Morgan fingerprint density at radius 2 is 2.05 bits per heavy atom. The van der Waals surface area contributed by atoms with E-state index in [4.69, 9.17) is 9.47 Å². The molecule has 0 saturated heterocycles. The number of halogens is 3. The third-order valence-corrected chi connectivity index (χ3v) is 3.33. The molecule has 0 aliphatic heterocycles. The molecule has 1 aliphatic carbocycles. The van der Waals surface area contributed by atoms with Crippen molar-refractivity contribution in [1.29, 1.82) is 0 Å². The Kier molecular flexibility index (Phi) is 5.47. The number of hydrogen-bond acceptors (Lipinski definition) is 3. The maximum atomic E-state index is 13.1. The van der Waals surface area contributed by atoms with Crippen LogP contribution in [0.5, 0.6) is 5.75 Å². The summed E-state index contributed by atoms with van der Waals surface area (Å²) in [4.78, 5) is 0. The van der Waals surface area contributed by atoms with E-state index in [0.717, 1.165) is 18.9 Å². The summed E-state index contributed by atoms with van der Waals surface area (Å²) in [6.07, 6.45) is -2.31. The summed E-state index contributed by atoms with van der Waals surface area (Å²) in [5.74, 6) is 0.344. The molecule has 0 amide bonds. The quantitative estimate of drug-likeness (QED) is 0.748. The number of rotatable bonds is 8. The van der Waals surface area contributed by atoms with Crippen LogP contribution >= 0.6 is 0 Å². The average Bonchev–Trinajstić information content (AvgIpc) is 3.25. The summed E-state index contributed by atoms with van der Waals surface area (Å²) in [6, 6.07) is 4.23. The fourth-order valence-electron chi connectivity index (χ4n) is 1.93. The molecule has 1 saturated carbocycles. The molecule has 0 unspecified atom stereocenters. The van der Waals surface area contributed by atoms with Gasteiger partial charge in [-0.05, 0) is 36.5 Å². The summed E-state index contributed by atoms with van der Waals surface area (Å²) >= 11 is 0. The average molecular weight is 303 g/mol. The molecule has 1 N–H and O–H groups in total. The van der Waals surface area contributed by atoms with Crippen molar-refractivity contribution in [3.8, 4) is 5.75 Å². The maximum Gasteiger partial charge on any atom is 0.419 e. The van der Waals surface area contributed by atoms with E-state index in [9.17, 15) is 13.2 Å². The van der Waals surface area contributed by atoms with Crippen molar-refractivity contribution in [3.63, 3.8) is 0 Å². The fraction of sp³-hybridized carbons (Fsp3) is 0.600. The van der Waals surface area contributed by atoms with Gasteiger partial charge in [-0.1, -0.05) is 6.07 Å². The monoisotopic (exact) mass is 303 g/mol. The van der Waals surface area contributed by atoms with Crippen LogP contribution < -0.4 is 10.1 Å². The number of benzene rings is 1. The first kappa shape index (κ1) is 16.1. The van der Waals surface area contributed by atoms with Gasteiger partial charge in [0.25, 0.3) is 0 Å². The first-order valence-corrected chi connectivity index (χ1v) is 7.03. The number of nitrogens with one attached hydrogen (secondary N) is 1. The minimum Gasteiger partial charge on any atom is -0.493 e. The molecule has 2 rings (SSSR count). The molecule has 0 heterocycles. The van der Waals surface area contributed by atoms with Gasteiger partial charge in [0.2, 0.25) is 0 Å². The molecule has 3 nitrogen and oxygen atoms in total. The Hall–Kier alpha value is -1.27. The Morgan fingerprint density at radius 3 is 2.67 bits per heavy atom. The summed E-state index contributed by atoms with van der Waals surface area (Å²) in [5.41, 5.74) is -0.119. The number of hydrogen-bond donors (Lipinski definition) is 1. The van der Waals surface area contributed by atoms with Crippen molar-refractivity contribution in [2.45, 2.75) is 25.6 Å². The van der Waals surface area contributed by atoms with Gasteiger partial charge >= 0.3 is 6.18 Å². The molecule has 0 atom stereocenters. The molecular formula is C15H20F3NO2. The second-order valence-corrected chi connectivity index (χ2v) is 5.25. The van der Waals surface area contributed by atoms with Crippen LogP contribution in [0, 0.1) is 5.92 Å². The second-order valence-electron chi connectivity index (χ2n) is 5.25. The Labute approximate surface area is 122 Å². The van der Waals surface area contributed by atoms with Crippen LogP contribution in [0.1, 0.15) is 24.0 Å². The minimum atomic E-state index is -4.40. The van der Waals surface area contributed by atoms with Gasteiger partial charge in [-0.3, -0.25) is 0 Å². The SMILES string of the molecule is COCCNCc1ccc(OCC2CC2)c(C(F)(F)F)c1. The molecular weight excluding hydrogens is 283 g/mol. The maximum absolute atomic E-state index is 13.1. The summed E-state index contributed by atoms with van der Waals surface area (Å²) in [7, 11) is 1.58. The molecule has 0 aromatic heterocycles. The Balaban J connectivity index is 2.02. The van der Waals surface area contributed by atoms with Crippen LogP contribution in [0.2, 0.25) is 0 Å². The van der Waals surface area contributed by atoms with Crippen molar-refractivity contribution in [2.75, 3.05) is 26.9 Å². The second kappa shape index (κ2) is 7.13. The van der Waals surface area contributed by atoms with Crippen molar-refractivity contribution in [2.24, 2.45) is 5.92 Å². The Bertz CT molecular complexity index is 459. The van der Waals surface area contributed by atoms with E-state index in [0.29, 0.717) is 37.8 Å². The van der Waals surface area contributed by atoms with Crippen LogP contribution in [0.3, 0.4) is 0 Å². The highest BCUT2D eigenvalue weighted by atomic mass is 19.4. The first-order valence-electron chi connectivity index (χ1n) is 7.03. The third kappa shape index (κ3) is 5.21. The molecule has 1 aliphatic rings. The first-order chi connectivity index (χ1) is 10.0. The predicted molar refractivity (Wildman–Crippen MR) is 73.2 cm³/mol. The lowest BCUT2D eigenvalue weighted by Gasteiger charge is -2.15. The highest BCUT2D eigenvalue weighted by molar-refractivity contribution is 5.39. The molecule has 0 bridgehead atoms. The van der Waals surface area contributed by atoms with Crippen LogP contribution in [-0.2, 0) is 17.5 Å². The molecule has 6 heteroatoms. The van der Waals surface area contributed by atoms with Gasteiger partial charge in [0, 0.05) is 20.2 Å². The highest BCUT2D eigenvalue weighted by Gasteiger charge is 2.35. The lowest BCUT2D eigenvalue weighted by atomic mass is 10.1. The normalized spacial score (nSPS) is 15.2. The molecule has 1 aromatic rings. The lowest BCUT2D eigenvalue weighted by Crippen LogP contribution is -2.19. The van der Waals surface area contributed by atoms with Crippen LogP contribution in [-0.4, -0.2) is 26.9 Å². The van der Waals surface area contributed by atoms with Gasteiger partial charge in [0.15, 0.2) is 0 Å². The zero-order valence-corrected chi connectivity index (χ0v) is 12.0. The van der Waals surface area contributed by atoms with Crippen molar-refractivity contribution in [1.82, 2.24) is 5.32 Å². The fourth-order valence-corrected chi connectivity index (χ4v) is 1.93. The number of alkyl halides is 3. The molecule has 1 fully saturated rings. The van der Waals surface area contributed by atoms with E-state index in [-0.39, 0.29) is 5.75 Å². The predicted octanol–water partition coefficient (Wildman–Crippen LogP) is 3.23. The molecule has 118 valence electrons. The van der Waals surface area contributed by atoms with Gasteiger partial charge in [-0.25, -0.2) is 0 Å². The zero-order valence-electron chi connectivity index (χ0n) is 12.0. The van der Waals surface area contributed by atoms with Crippen LogP contribution in [0.25, 0.3) is 0 Å². The molecule has 0 radical (unpaired) electrons. The van der Waals surface area contributed by atoms with Gasteiger partial charge in [-0.2, -0.15) is 13.2 Å². The smallest absolute Gasteiger partial charge is 0.419 e. The van der Waals surface area contributed by atoms with E-state index in [1.54, 1.807) is 13.2 Å². The van der Waals surface area contributed by atoms with Gasteiger partial charge in [-0.15, -0.1) is 0 Å². The summed E-state index contributed by atoms with van der Waals surface area (Å²) < 4.78 is 49.5. The molecule has 21 heavy (non-hydrogen) atoms. The van der Waals surface area contributed by atoms with Gasteiger partial charge < -0.3 is 14.8 Å². The van der Waals surface area contributed by atoms with E-state index < -0.39 is 11.7 Å². The Morgan fingerprint density at radius 1 is 1.29 bits per heavy atom. The van der Waals surface area contributed by atoms with E-state index in [2.05, 4.69) is 5.32 Å². The molecule has 0 spiro atoms. The number of methoxy groups -OCH3 is 1. The minimum absolute atomic E-state index is 0.0740. The largest absolute Gasteiger partial charge is 0.493 e. The van der Waals surface area contributed by atoms with Gasteiger partial charge in [0.05, 0.1) is 18.8 Å².